The maximum atomic E-state index is 6.85. The van der Waals surface area contributed by atoms with Crippen LogP contribution in [0.3, 0.4) is 0 Å². The Morgan fingerprint density at radius 3 is 1.25 bits per heavy atom. The molecule has 4 fully saturated rings. The molecule has 4 aliphatic rings. The maximum absolute atomic E-state index is 6.85. The van der Waals surface area contributed by atoms with Crippen molar-refractivity contribution >= 4 is 15.8 Å². The minimum absolute atomic E-state index is 0.121. The topological polar surface area (TPSA) is 36.9 Å². The van der Waals surface area contributed by atoms with Crippen molar-refractivity contribution < 1.29 is 18.9 Å². The van der Waals surface area contributed by atoms with Gasteiger partial charge in [0.25, 0.3) is 0 Å². The van der Waals surface area contributed by atoms with Crippen LogP contribution in [-0.2, 0) is 18.9 Å². The van der Waals surface area contributed by atoms with E-state index in [0.29, 0.717) is 11.3 Å². The summed E-state index contributed by atoms with van der Waals surface area (Å²) in [5, 5.41) is 0.461. The van der Waals surface area contributed by atoms with E-state index in [1.165, 1.54) is 0 Å². The summed E-state index contributed by atoms with van der Waals surface area (Å²) in [5.41, 5.74) is 3.16. The van der Waals surface area contributed by atoms with E-state index in [-0.39, 0.29) is 63.2 Å². The van der Waals surface area contributed by atoms with Crippen LogP contribution in [0, 0.1) is 0 Å². The minimum Gasteiger partial charge on any atom is -0.342 e. The van der Waals surface area contributed by atoms with Gasteiger partial charge in [-0.05, 0) is 22.6 Å². The van der Waals surface area contributed by atoms with Gasteiger partial charge in [-0.1, -0.05) is 118 Å². The van der Waals surface area contributed by atoms with Crippen molar-refractivity contribution in [3.63, 3.8) is 0 Å². The number of ether oxygens (including phenoxy) is 4. The molecule has 0 N–H and O–H groups in total. The van der Waals surface area contributed by atoms with Crippen molar-refractivity contribution in [2.24, 2.45) is 0 Å². The van der Waals surface area contributed by atoms with E-state index >= 15 is 0 Å². The number of rotatable bonds is 3. The quantitative estimate of drug-likeness (QED) is 0.394. The Hall–Kier alpha value is -0.860. The first kappa shape index (κ1) is 25.4. The summed E-state index contributed by atoms with van der Waals surface area (Å²) in [5.74, 6) is 0. The summed E-state index contributed by atoms with van der Waals surface area (Å²) < 4.78 is 27.0. The second-order valence-corrected chi connectivity index (χ2v) is 19.1. The molecule has 4 heterocycles. The monoisotopic (exact) mass is 526 g/mol. The molecular weight excluding hydrogens is 486 g/mol. The summed E-state index contributed by atoms with van der Waals surface area (Å²) in [6, 6.07) is 20.9. The van der Waals surface area contributed by atoms with Crippen LogP contribution in [0.15, 0.2) is 60.7 Å². The molecule has 2 aromatic carbocycles. The average Bonchev–Trinajstić information content (AvgIpc) is 3.58. The van der Waals surface area contributed by atoms with Crippen LogP contribution in [0.4, 0.5) is 0 Å². The molecular formula is C30H40O4P2. The van der Waals surface area contributed by atoms with Crippen LogP contribution in [-0.4, -0.2) is 58.4 Å². The Morgan fingerprint density at radius 1 is 0.556 bits per heavy atom. The largest absolute Gasteiger partial charge is 0.342 e. The fourth-order valence-corrected chi connectivity index (χ4v) is 14.6. The molecule has 6 rings (SSSR count). The van der Waals surface area contributed by atoms with Crippen LogP contribution < -0.4 is 0 Å². The predicted octanol–water partition coefficient (Wildman–Crippen LogP) is 7.28. The van der Waals surface area contributed by atoms with Crippen molar-refractivity contribution in [2.45, 2.75) is 100 Å². The Bertz CT molecular complexity index is 965. The fraction of sp³-hybridized carbons (Fsp3) is 0.600. The Kier molecular flexibility index (Phi) is 6.64. The van der Waals surface area contributed by atoms with E-state index in [1.54, 1.807) is 0 Å². The lowest BCUT2D eigenvalue weighted by atomic mass is 10.0. The highest BCUT2D eigenvalue weighted by Gasteiger charge is 2.64. The highest BCUT2D eigenvalue weighted by molar-refractivity contribution is 7.65. The van der Waals surface area contributed by atoms with Gasteiger partial charge in [0.1, 0.15) is 0 Å². The number of benzene rings is 2. The van der Waals surface area contributed by atoms with Gasteiger partial charge >= 0.3 is 0 Å². The molecule has 6 heteroatoms. The molecule has 0 aromatic heterocycles. The average molecular weight is 527 g/mol. The van der Waals surface area contributed by atoms with Crippen molar-refractivity contribution in [2.75, 3.05) is 12.3 Å². The van der Waals surface area contributed by atoms with E-state index in [1.807, 2.05) is 0 Å². The van der Waals surface area contributed by atoms with Crippen molar-refractivity contribution in [1.82, 2.24) is 0 Å². The molecule has 0 saturated carbocycles. The first-order chi connectivity index (χ1) is 17.1. The van der Waals surface area contributed by atoms with Crippen molar-refractivity contribution in [3.8, 4) is 0 Å². The molecule has 36 heavy (non-hydrogen) atoms. The Labute approximate surface area is 218 Å². The molecule has 6 unspecified atom stereocenters. The van der Waals surface area contributed by atoms with Gasteiger partial charge < -0.3 is 18.9 Å². The predicted molar refractivity (Wildman–Crippen MR) is 149 cm³/mol. The van der Waals surface area contributed by atoms with Gasteiger partial charge in [0.05, 0.1) is 24.4 Å². The maximum Gasteiger partial charge on any atom is 0.184 e. The van der Waals surface area contributed by atoms with Crippen LogP contribution in [0.5, 0.6) is 0 Å². The van der Waals surface area contributed by atoms with E-state index in [4.69, 9.17) is 18.9 Å². The van der Waals surface area contributed by atoms with E-state index in [2.05, 4.69) is 102 Å². The summed E-state index contributed by atoms with van der Waals surface area (Å²) in [6.07, 6.45) is 2.26. The molecule has 0 amide bonds. The first-order valence-corrected chi connectivity index (χ1v) is 16.6. The minimum atomic E-state index is -0.317. The van der Waals surface area contributed by atoms with Crippen LogP contribution in [0.1, 0.15) is 65.2 Å². The van der Waals surface area contributed by atoms with Crippen LogP contribution >= 0.6 is 15.8 Å². The normalized spacial score (nSPS) is 40.4. The smallest absolute Gasteiger partial charge is 0.184 e. The zero-order valence-corrected chi connectivity index (χ0v) is 24.1. The molecule has 0 bridgehead atoms. The highest BCUT2D eigenvalue weighted by atomic mass is 31.1. The second kappa shape index (κ2) is 9.41. The van der Waals surface area contributed by atoms with Gasteiger partial charge in [-0.3, -0.25) is 0 Å². The zero-order chi connectivity index (χ0) is 25.2. The van der Waals surface area contributed by atoms with Gasteiger partial charge in [0.2, 0.25) is 0 Å². The van der Waals surface area contributed by atoms with E-state index < -0.39 is 0 Å². The van der Waals surface area contributed by atoms with E-state index in [9.17, 15) is 0 Å². The van der Waals surface area contributed by atoms with Crippen LogP contribution in [0.25, 0.3) is 0 Å². The first-order valence-electron chi connectivity index (χ1n) is 13.4. The van der Waals surface area contributed by atoms with Gasteiger partial charge in [-0.2, -0.15) is 0 Å². The fourth-order valence-electron chi connectivity index (χ4n) is 6.61. The third kappa shape index (κ3) is 4.51. The molecule has 2 aromatic rings. The summed E-state index contributed by atoms with van der Waals surface area (Å²) in [6.45, 7) is 14.5. The molecule has 0 radical (unpaired) electrons. The number of hydrogen-bond acceptors (Lipinski definition) is 4. The zero-order valence-electron chi connectivity index (χ0n) is 22.3. The lowest BCUT2D eigenvalue weighted by molar-refractivity contribution is -0.0755. The number of hydrogen-bond donors (Lipinski definition) is 0. The summed E-state index contributed by atoms with van der Waals surface area (Å²) >= 11 is 0. The number of fused-ring (bicyclic) bond motifs is 2. The molecule has 194 valence electrons. The van der Waals surface area contributed by atoms with Gasteiger partial charge in [-0.15, -0.1) is 0 Å². The van der Waals surface area contributed by atoms with Crippen molar-refractivity contribution in [3.05, 3.63) is 71.8 Å². The van der Waals surface area contributed by atoms with Gasteiger partial charge in [0.15, 0.2) is 12.6 Å². The third-order valence-electron chi connectivity index (χ3n) is 8.25. The molecule has 4 saturated heterocycles. The summed E-state index contributed by atoms with van der Waals surface area (Å²) in [7, 11) is -0.634. The molecule has 4 aliphatic heterocycles. The Morgan fingerprint density at radius 2 is 0.917 bits per heavy atom. The lowest BCUT2D eigenvalue weighted by Crippen LogP contribution is -2.44. The summed E-state index contributed by atoms with van der Waals surface area (Å²) in [4.78, 5) is 0. The molecule has 10 atom stereocenters. The molecule has 0 aliphatic carbocycles. The third-order valence-corrected chi connectivity index (χ3v) is 16.1. The standard InChI is InChI=1S/C30H40O4P2/c1-29(2,3)35-17-21-23(33-27(31-21)19-13-9-7-10-14-19)25(35)26-24-22(18-36(26)30(4,5)6)32-28(34-24)20-15-11-8-12-16-20/h7-16,21-28H,17-18H2,1-6H3/t21?,22?,23?,24?,25-,26-,27?,28?,35-,36-/m1/s1. The molecule has 0 spiro atoms. The highest BCUT2D eigenvalue weighted by Crippen LogP contribution is 2.73. The Balaban J connectivity index is 1.34. The lowest BCUT2D eigenvalue weighted by Gasteiger charge is -2.44. The van der Waals surface area contributed by atoms with E-state index in [0.717, 1.165) is 23.5 Å². The van der Waals surface area contributed by atoms with Gasteiger partial charge in [-0.25, -0.2) is 0 Å². The second-order valence-electron chi connectivity index (χ2n) is 12.7. The SMILES string of the molecule is CC(C)(C)[P@]1CC2OC(c3ccccc3)OC2[C@@H]1[C@H]1C2OC(c3ccccc3)OC2C[P@@]1C(C)(C)C. The van der Waals surface area contributed by atoms with Crippen molar-refractivity contribution in [1.29, 1.82) is 0 Å². The van der Waals surface area contributed by atoms with Gasteiger partial charge in [0, 0.05) is 22.4 Å². The molecule has 4 nitrogen and oxygen atoms in total. The van der Waals surface area contributed by atoms with Crippen LogP contribution in [0.2, 0.25) is 0 Å².